The van der Waals surface area contributed by atoms with Gasteiger partial charge in [-0.3, -0.25) is 4.57 Å². The monoisotopic (exact) mass is 417 g/mol. The molecule has 2 aromatic heterocycles. The Labute approximate surface area is 173 Å². The Hall–Kier alpha value is -2.29. The Balaban J connectivity index is 1.50. The van der Waals surface area contributed by atoms with E-state index >= 15 is 0 Å². The summed E-state index contributed by atoms with van der Waals surface area (Å²) < 4.78 is 7.01. The average Bonchev–Trinajstić information content (AvgIpc) is 3.41. The molecule has 0 unspecified atom stereocenters. The number of aliphatic hydroxyl groups excluding tert-OH is 3. The lowest BCUT2D eigenvalue weighted by Gasteiger charge is -2.20. The summed E-state index contributed by atoms with van der Waals surface area (Å²) in [6, 6.07) is 0. The van der Waals surface area contributed by atoms with E-state index in [1.807, 2.05) is 0 Å². The normalized spacial score (nSPS) is 28.0. The summed E-state index contributed by atoms with van der Waals surface area (Å²) in [7, 11) is 0. The predicted molar refractivity (Wildman–Crippen MR) is 107 cm³/mol. The van der Waals surface area contributed by atoms with Crippen LogP contribution in [0.4, 0.5) is 5.82 Å². The standard InChI is InChI=1S/C20H27N5O5/c21-17-14-18(25(11-22-14)19-16(28)15(27)12(10-26)30-19)24-13(23-17)6-2-1-3-7-20(29)8-4-5-9-20/h11-12,15-16,19,26-29H,1,3-5,7-10H2,(H2,21,23,24)/t12-,15-,16-,19-/m1/s1. The molecule has 2 aromatic rings. The lowest BCUT2D eigenvalue weighted by atomic mass is 9.95. The summed E-state index contributed by atoms with van der Waals surface area (Å²) in [5, 5.41) is 40.0. The molecule has 10 heteroatoms. The third kappa shape index (κ3) is 3.99. The van der Waals surface area contributed by atoms with Crippen LogP contribution >= 0.6 is 0 Å². The molecule has 0 bridgehead atoms. The SMILES string of the molecule is Nc1nc(C#CCCCC2(O)CCCC2)nc2c1ncn2[C@@H]1O[C@H](CO)[C@@H](O)[C@H]1O. The zero-order valence-corrected chi connectivity index (χ0v) is 16.6. The fraction of sp³-hybridized carbons (Fsp3) is 0.650. The second-order valence-electron chi connectivity index (χ2n) is 8.07. The minimum Gasteiger partial charge on any atom is -0.394 e. The van der Waals surface area contributed by atoms with Crippen LogP contribution in [0.5, 0.6) is 0 Å². The van der Waals surface area contributed by atoms with Gasteiger partial charge >= 0.3 is 0 Å². The molecule has 4 rings (SSSR count). The van der Waals surface area contributed by atoms with Gasteiger partial charge in [-0.05, 0) is 31.6 Å². The number of rotatable bonds is 5. The Morgan fingerprint density at radius 1 is 1.23 bits per heavy atom. The van der Waals surface area contributed by atoms with Crippen LogP contribution in [-0.4, -0.2) is 70.5 Å². The Bertz CT molecular complexity index is 962. The minimum absolute atomic E-state index is 0.148. The van der Waals surface area contributed by atoms with Gasteiger partial charge in [-0.15, -0.1) is 0 Å². The van der Waals surface area contributed by atoms with Crippen molar-refractivity contribution in [3.63, 3.8) is 0 Å². The van der Waals surface area contributed by atoms with Crippen LogP contribution in [0.2, 0.25) is 0 Å². The Kier molecular flexibility index (Phi) is 5.90. The van der Waals surface area contributed by atoms with Gasteiger partial charge in [-0.1, -0.05) is 18.8 Å². The summed E-state index contributed by atoms with van der Waals surface area (Å²) >= 11 is 0. The van der Waals surface area contributed by atoms with E-state index in [1.54, 1.807) is 0 Å². The van der Waals surface area contributed by atoms with Gasteiger partial charge in [0.1, 0.15) is 23.8 Å². The quantitative estimate of drug-likeness (QED) is 0.329. The molecule has 2 aliphatic rings. The number of unbranched alkanes of at least 4 members (excludes halogenated alkanes) is 1. The highest BCUT2D eigenvalue weighted by Crippen LogP contribution is 2.34. The Morgan fingerprint density at radius 2 is 2.00 bits per heavy atom. The smallest absolute Gasteiger partial charge is 0.208 e. The molecular weight excluding hydrogens is 390 g/mol. The first-order chi connectivity index (χ1) is 14.4. The van der Waals surface area contributed by atoms with Crippen molar-refractivity contribution in [3.8, 4) is 11.8 Å². The second kappa shape index (κ2) is 8.45. The van der Waals surface area contributed by atoms with E-state index in [0.717, 1.165) is 38.5 Å². The molecule has 30 heavy (non-hydrogen) atoms. The molecule has 0 radical (unpaired) electrons. The number of nitrogen functional groups attached to an aromatic ring is 1. The number of hydrogen-bond donors (Lipinski definition) is 5. The minimum atomic E-state index is -1.26. The number of fused-ring (bicyclic) bond motifs is 1. The fourth-order valence-corrected chi connectivity index (χ4v) is 4.22. The highest BCUT2D eigenvalue weighted by molar-refractivity contribution is 5.82. The summed E-state index contributed by atoms with van der Waals surface area (Å²) in [5.41, 5.74) is 6.12. The molecule has 1 saturated carbocycles. The largest absolute Gasteiger partial charge is 0.394 e. The number of nitrogens with two attached hydrogens (primary N) is 1. The summed E-state index contributed by atoms with van der Waals surface area (Å²) in [4.78, 5) is 12.7. The van der Waals surface area contributed by atoms with Crippen molar-refractivity contribution >= 4 is 17.0 Å². The van der Waals surface area contributed by atoms with Crippen molar-refractivity contribution in [2.45, 2.75) is 75.1 Å². The van der Waals surface area contributed by atoms with E-state index in [0.29, 0.717) is 17.6 Å². The van der Waals surface area contributed by atoms with Crippen molar-refractivity contribution < 1.29 is 25.2 Å². The van der Waals surface area contributed by atoms with Crippen LogP contribution in [0.3, 0.4) is 0 Å². The van der Waals surface area contributed by atoms with Crippen molar-refractivity contribution in [1.29, 1.82) is 0 Å². The fourth-order valence-electron chi connectivity index (χ4n) is 4.22. The van der Waals surface area contributed by atoms with Crippen LogP contribution in [0.1, 0.15) is 57.0 Å². The first-order valence-electron chi connectivity index (χ1n) is 10.3. The third-order valence-corrected chi connectivity index (χ3v) is 5.92. The van der Waals surface area contributed by atoms with Gasteiger partial charge < -0.3 is 30.9 Å². The van der Waals surface area contributed by atoms with Crippen LogP contribution in [0.25, 0.3) is 11.2 Å². The van der Waals surface area contributed by atoms with E-state index in [2.05, 4.69) is 26.8 Å². The van der Waals surface area contributed by atoms with Crippen molar-refractivity contribution in [3.05, 3.63) is 12.2 Å². The number of aromatic nitrogens is 4. The molecule has 4 atom stereocenters. The van der Waals surface area contributed by atoms with Crippen LogP contribution in [0.15, 0.2) is 6.33 Å². The van der Waals surface area contributed by atoms with Crippen molar-refractivity contribution in [2.24, 2.45) is 0 Å². The maximum atomic E-state index is 10.4. The molecule has 0 aromatic carbocycles. The molecule has 1 aliphatic carbocycles. The predicted octanol–water partition coefficient (Wildman–Crippen LogP) is -0.153. The van der Waals surface area contributed by atoms with Gasteiger partial charge in [-0.2, -0.15) is 0 Å². The highest BCUT2D eigenvalue weighted by Gasteiger charge is 2.44. The van der Waals surface area contributed by atoms with Gasteiger partial charge in [0.15, 0.2) is 17.7 Å². The molecule has 162 valence electrons. The maximum absolute atomic E-state index is 10.4. The van der Waals surface area contributed by atoms with Gasteiger partial charge in [-0.25, -0.2) is 15.0 Å². The molecule has 1 aliphatic heterocycles. The topological polar surface area (TPSA) is 160 Å². The first-order valence-corrected chi connectivity index (χ1v) is 10.3. The summed E-state index contributed by atoms with van der Waals surface area (Å²) in [6.07, 6.45) is 3.06. The van der Waals surface area contributed by atoms with Crippen LogP contribution in [-0.2, 0) is 4.74 Å². The van der Waals surface area contributed by atoms with Gasteiger partial charge in [0.05, 0.1) is 18.5 Å². The van der Waals surface area contributed by atoms with E-state index in [-0.39, 0.29) is 11.6 Å². The van der Waals surface area contributed by atoms with E-state index in [4.69, 9.17) is 10.5 Å². The molecule has 0 amide bonds. The Morgan fingerprint density at radius 3 is 2.70 bits per heavy atom. The van der Waals surface area contributed by atoms with Gasteiger partial charge in [0, 0.05) is 6.42 Å². The summed E-state index contributed by atoms with van der Waals surface area (Å²) in [5.74, 6) is 6.28. The number of nitrogens with zero attached hydrogens (tertiary/aromatic N) is 4. The highest BCUT2D eigenvalue weighted by atomic mass is 16.6. The van der Waals surface area contributed by atoms with E-state index in [1.165, 1.54) is 10.9 Å². The lowest BCUT2D eigenvalue weighted by Crippen LogP contribution is -2.33. The summed E-state index contributed by atoms with van der Waals surface area (Å²) in [6.45, 7) is -0.426. The molecular formula is C20H27N5O5. The molecule has 10 nitrogen and oxygen atoms in total. The van der Waals surface area contributed by atoms with E-state index < -0.39 is 36.7 Å². The number of hydrogen-bond acceptors (Lipinski definition) is 9. The number of aliphatic hydroxyl groups is 4. The molecule has 2 fully saturated rings. The second-order valence-corrected chi connectivity index (χ2v) is 8.07. The molecule has 0 spiro atoms. The number of imidazole rings is 1. The van der Waals surface area contributed by atoms with Crippen molar-refractivity contribution in [2.75, 3.05) is 12.3 Å². The molecule has 6 N–H and O–H groups in total. The van der Waals surface area contributed by atoms with Gasteiger partial charge in [0.2, 0.25) is 5.82 Å². The number of anilines is 1. The lowest BCUT2D eigenvalue weighted by molar-refractivity contribution is -0.0511. The number of ether oxygens (including phenoxy) is 1. The zero-order valence-electron chi connectivity index (χ0n) is 16.6. The average molecular weight is 417 g/mol. The van der Waals surface area contributed by atoms with Crippen LogP contribution < -0.4 is 5.73 Å². The van der Waals surface area contributed by atoms with E-state index in [9.17, 15) is 20.4 Å². The molecule has 1 saturated heterocycles. The third-order valence-electron chi connectivity index (χ3n) is 5.92. The zero-order chi connectivity index (χ0) is 21.3. The first kappa shape index (κ1) is 21.0. The molecule has 3 heterocycles. The van der Waals surface area contributed by atoms with Crippen LogP contribution in [0, 0.1) is 11.8 Å². The van der Waals surface area contributed by atoms with Gasteiger partial charge in [0.25, 0.3) is 0 Å². The maximum Gasteiger partial charge on any atom is 0.208 e. The van der Waals surface area contributed by atoms with Crippen molar-refractivity contribution in [1.82, 2.24) is 19.5 Å².